The van der Waals surface area contributed by atoms with Gasteiger partial charge in [-0.3, -0.25) is 0 Å². The molecule has 0 fully saturated rings. The van der Waals surface area contributed by atoms with Gasteiger partial charge in [0.2, 0.25) is 0 Å². The van der Waals surface area contributed by atoms with Crippen molar-refractivity contribution in [3.8, 4) is 5.75 Å². The van der Waals surface area contributed by atoms with Crippen LogP contribution in [0.1, 0.15) is 17.6 Å². The summed E-state index contributed by atoms with van der Waals surface area (Å²) in [5.74, 6) is -1.97. The first-order valence-electron chi connectivity index (χ1n) is 3.30. The van der Waals surface area contributed by atoms with Gasteiger partial charge >= 0.3 is 0 Å². The molecule has 0 aliphatic heterocycles. The zero-order chi connectivity index (χ0) is 9.30. The lowest BCUT2D eigenvalue weighted by atomic mass is 10.1. The Labute approximate surface area is 67.5 Å². The van der Waals surface area contributed by atoms with E-state index in [-0.39, 0.29) is 5.56 Å². The molecule has 4 heteroatoms. The van der Waals surface area contributed by atoms with Crippen LogP contribution < -0.4 is 0 Å². The number of aryl methyl sites for hydroxylation is 1. The molecule has 0 aliphatic rings. The average Bonchev–Trinajstić information content (AvgIpc) is 1.97. The second-order valence-electron chi connectivity index (χ2n) is 2.43. The van der Waals surface area contributed by atoms with E-state index in [1.54, 1.807) is 0 Å². The van der Waals surface area contributed by atoms with Gasteiger partial charge in [-0.2, -0.15) is 0 Å². The molecule has 0 heterocycles. The van der Waals surface area contributed by atoms with Crippen LogP contribution in [0.4, 0.5) is 13.2 Å². The number of halogens is 3. The van der Waals surface area contributed by atoms with Crippen LogP contribution in [-0.2, 0) is 0 Å². The van der Waals surface area contributed by atoms with Gasteiger partial charge in [-0.1, -0.05) is 6.07 Å². The van der Waals surface area contributed by atoms with E-state index in [0.29, 0.717) is 0 Å². The standard InChI is InChI=1S/C8H7F3O/c1-4-2-3-5(12)7(9)6(4)8(10)11/h2-3,8,12H,1H3. The van der Waals surface area contributed by atoms with Crippen LogP contribution in [0.15, 0.2) is 12.1 Å². The number of alkyl halides is 2. The molecular formula is C8H7F3O. The maximum absolute atomic E-state index is 12.8. The first kappa shape index (κ1) is 8.90. The molecule has 0 unspecified atom stereocenters. The fourth-order valence-electron chi connectivity index (χ4n) is 0.946. The Bertz CT molecular complexity index is 297. The van der Waals surface area contributed by atoms with Crippen molar-refractivity contribution in [2.75, 3.05) is 0 Å². The monoisotopic (exact) mass is 176 g/mol. The Morgan fingerprint density at radius 3 is 2.33 bits per heavy atom. The molecule has 66 valence electrons. The second-order valence-corrected chi connectivity index (χ2v) is 2.43. The minimum Gasteiger partial charge on any atom is -0.505 e. The Morgan fingerprint density at radius 2 is 1.92 bits per heavy atom. The maximum Gasteiger partial charge on any atom is 0.267 e. The molecule has 0 aromatic heterocycles. The Balaban J connectivity index is 3.33. The normalized spacial score (nSPS) is 10.8. The molecule has 0 bridgehead atoms. The summed E-state index contributed by atoms with van der Waals surface area (Å²) in [6.07, 6.45) is -2.89. The highest BCUT2D eigenvalue weighted by Crippen LogP contribution is 2.30. The van der Waals surface area contributed by atoms with E-state index in [1.165, 1.54) is 13.0 Å². The topological polar surface area (TPSA) is 20.2 Å². The van der Waals surface area contributed by atoms with E-state index >= 15 is 0 Å². The molecule has 1 nitrogen and oxygen atoms in total. The molecule has 0 radical (unpaired) electrons. The smallest absolute Gasteiger partial charge is 0.267 e. The summed E-state index contributed by atoms with van der Waals surface area (Å²) < 4.78 is 37.0. The van der Waals surface area contributed by atoms with E-state index in [2.05, 4.69) is 0 Å². The SMILES string of the molecule is Cc1ccc(O)c(F)c1C(F)F. The van der Waals surface area contributed by atoms with Crippen molar-refractivity contribution in [3.63, 3.8) is 0 Å². The summed E-state index contributed by atoms with van der Waals surface area (Å²) >= 11 is 0. The number of rotatable bonds is 1. The van der Waals surface area contributed by atoms with Crippen molar-refractivity contribution in [3.05, 3.63) is 29.1 Å². The van der Waals surface area contributed by atoms with E-state index in [9.17, 15) is 13.2 Å². The summed E-state index contributed by atoms with van der Waals surface area (Å²) in [7, 11) is 0. The highest BCUT2D eigenvalue weighted by Gasteiger charge is 2.18. The van der Waals surface area contributed by atoms with Gasteiger partial charge in [0.25, 0.3) is 6.43 Å². The summed E-state index contributed by atoms with van der Waals surface area (Å²) in [4.78, 5) is 0. The lowest BCUT2D eigenvalue weighted by Crippen LogP contribution is -1.94. The summed E-state index contributed by atoms with van der Waals surface area (Å²) in [5, 5.41) is 8.77. The van der Waals surface area contributed by atoms with Gasteiger partial charge in [0.1, 0.15) is 0 Å². The van der Waals surface area contributed by atoms with Gasteiger partial charge in [0, 0.05) is 0 Å². The van der Waals surface area contributed by atoms with E-state index in [4.69, 9.17) is 5.11 Å². The van der Waals surface area contributed by atoms with Crippen molar-refractivity contribution in [1.29, 1.82) is 0 Å². The first-order chi connectivity index (χ1) is 5.54. The Hall–Kier alpha value is -1.19. The maximum atomic E-state index is 12.8. The summed E-state index contributed by atoms with van der Waals surface area (Å²) in [6, 6.07) is 2.30. The predicted octanol–water partition coefficient (Wildman–Crippen LogP) is 2.78. The minimum absolute atomic E-state index is 0.139. The van der Waals surface area contributed by atoms with E-state index in [0.717, 1.165) is 6.07 Å². The molecule has 1 N–H and O–H groups in total. The van der Waals surface area contributed by atoms with Gasteiger partial charge in [-0.05, 0) is 18.6 Å². The van der Waals surface area contributed by atoms with Gasteiger partial charge < -0.3 is 5.11 Å². The lowest BCUT2D eigenvalue weighted by Gasteiger charge is -2.06. The molecule has 12 heavy (non-hydrogen) atoms. The van der Waals surface area contributed by atoms with Crippen molar-refractivity contribution < 1.29 is 18.3 Å². The third-order valence-corrected chi connectivity index (χ3v) is 1.60. The van der Waals surface area contributed by atoms with Crippen LogP contribution in [0.2, 0.25) is 0 Å². The fraction of sp³-hybridized carbons (Fsp3) is 0.250. The number of phenols is 1. The summed E-state index contributed by atoms with van der Waals surface area (Å²) in [6.45, 7) is 1.37. The highest BCUT2D eigenvalue weighted by atomic mass is 19.3. The van der Waals surface area contributed by atoms with Crippen LogP contribution in [0.25, 0.3) is 0 Å². The average molecular weight is 176 g/mol. The molecule has 0 amide bonds. The minimum atomic E-state index is -2.89. The van der Waals surface area contributed by atoms with Crippen LogP contribution in [0.5, 0.6) is 5.75 Å². The molecule has 0 saturated carbocycles. The molecule has 1 aromatic rings. The zero-order valence-corrected chi connectivity index (χ0v) is 6.31. The van der Waals surface area contributed by atoms with E-state index < -0.39 is 23.6 Å². The van der Waals surface area contributed by atoms with Crippen molar-refractivity contribution >= 4 is 0 Å². The van der Waals surface area contributed by atoms with Gasteiger partial charge in [-0.15, -0.1) is 0 Å². The van der Waals surface area contributed by atoms with Crippen LogP contribution in [0.3, 0.4) is 0 Å². The van der Waals surface area contributed by atoms with Crippen LogP contribution >= 0.6 is 0 Å². The van der Waals surface area contributed by atoms with Gasteiger partial charge in [0.15, 0.2) is 11.6 Å². The first-order valence-corrected chi connectivity index (χ1v) is 3.30. The Morgan fingerprint density at radius 1 is 1.33 bits per heavy atom. The van der Waals surface area contributed by atoms with E-state index in [1.807, 2.05) is 0 Å². The molecule has 0 atom stereocenters. The zero-order valence-electron chi connectivity index (χ0n) is 6.31. The van der Waals surface area contributed by atoms with Gasteiger partial charge in [0.05, 0.1) is 5.56 Å². The molecule has 1 aromatic carbocycles. The third kappa shape index (κ3) is 1.37. The quantitative estimate of drug-likeness (QED) is 0.697. The van der Waals surface area contributed by atoms with Gasteiger partial charge in [-0.25, -0.2) is 13.2 Å². The number of hydrogen-bond acceptors (Lipinski definition) is 1. The number of phenolic OH excluding ortho intramolecular Hbond substituents is 1. The largest absolute Gasteiger partial charge is 0.505 e. The molecular weight excluding hydrogens is 169 g/mol. The third-order valence-electron chi connectivity index (χ3n) is 1.60. The Kier molecular flexibility index (Phi) is 2.26. The summed E-state index contributed by atoms with van der Waals surface area (Å²) in [5.41, 5.74) is -0.588. The highest BCUT2D eigenvalue weighted by molar-refractivity contribution is 5.36. The second kappa shape index (κ2) is 3.05. The van der Waals surface area contributed by atoms with Crippen LogP contribution in [0, 0.1) is 12.7 Å². The molecule has 0 spiro atoms. The van der Waals surface area contributed by atoms with Crippen molar-refractivity contribution in [2.24, 2.45) is 0 Å². The lowest BCUT2D eigenvalue weighted by molar-refractivity contribution is 0.144. The number of benzene rings is 1. The fourth-order valence-corrected chi connectivity index (χ4v) is 0.946. The molecule has 1 rings (SSSR count). The number of hydrogen-bond donors (Lipinski definition) is 1. The predicted molar refractivity (Wildman–Crippen MR) is 37.8 cm³/mol. The van der Waals surface area contributed by atoms with Crippen molar-refractivity contribution in [1.82, 2.24) is 0 Å². The van der Waals surface area contributed by atoms with Crippen LogP contribution in [-0.4, -0.2) is 5.11 Å². The molecule has 0 aliphatic carbocycles. The molecule has 0 saturated heterocycles. The van der Waals surface area contributed by atoms with Crippen molar-refractivity contribution in [2.45, 2.75) is 13.3 Å². The number of aromatic hydroxyl groups is 1.